The molecule has 2 aliphatic heterocycles. The quantitative estimate of drug-likeness (QED) is 0.457. The molecule has 8 nitrogen and oxygen atoms in total. The highest BCUT2D eigenvalue weighted by atomic mass is 19.4. The molecule has 0 unspecified atom stereocenters. The van der Waals surface area contributed by atoms with Gasteiger partial charge in [0.25, 0.3) is 0 Å². The number of carbonyl (C=O) groups excluding carboxylic acids is 2. The minimum Gasteiger partial charge on any atom is -0.487 e. The summed E-state index contributed by atoms with van der Waals surface area (Å²) in [4.78, 5) is 24.3. The SMILES string of the molecule is O=C(C[C@H]1C[C@@H]2c3cc(NC(=O)Nc4ccccc4F)ccc3O[C@@H]2[C@H](CO)O1)NCC(F)(F)F. The van der Waals surface area contributed by atoms with E-state index in [0.717, 1.165) is 0 Å². The number of anilines is 2. The summed E-state index contributed by atoms with van der Waals surface area (Å²) in [5.41, 5.74) is 1.10. The van der Waals surface area contributed by atoms with Crippen molar-refractivity contribution in [3.63, 3.8) is 0 Å². The van der Waals surface area contributed by atoms with Gasteiger partial charge in [0.15, 0.2) is 0 Å². The van der Waals surface area contributed by atoms with Gasteiger partial charge in [0.05, 0.1) is 24.8 Å². The molecule has 0 saturated carbocycles. The van der Waals surface area contributed by atoms with Crippen LogP contribution in [0.3, 0.4) is 0 Å². The molecular formula is C23H23F4N3O5. The lowest BCUT2D eigenvalue weighted by molar-refractivity contribution is -0.149. The van der Waals surface area contributed by atoms with Crippen LogP contribution in [0.2, 0.25) is 0 Å². The number of fused-ring (bicyclic) bond motifs is 3. The number of para-hydroxylation sites is 1. The van der Waals surface area contributed by atoms with E-state index in [1.165, 1.54) is 18.2 Å². The maximum absolute atomic E-state index is 13.8. The number of urea groups is 1. The lowest BCUT2D eigenvalue weighted by Crippen LogP contribution is -2.47. The van der Waals surface area contributed by atoms with Gasteiger partial charge in [-0.3, -0.25) is 4.79 Å². The highest BCUT2D eigenvalue weighted by Crippen LogP contribution is 2.47. The summed E-state index contributed by atoms with van der Waals surface area (Å²) < 4.78 is 62.5. The second kappa shape index (κ2) is 10.1. The van der Waals surface area contributed by atoms with Crippen molar-refractivity contribution in [2.75, 3.05) is 23.8 Å². The molecule has 2 aliphatic rings. The van der Waals surface area contributed by atoms with Gasteiger partial charge in [0.1, 0.15) is 30.3 Å². The molecule has 188 valence electrons. The standard InChI is InChI=1S/C23H23F4N3O5/c24-16-3-1-2-4-17(16)30-22(33)29-12-5-6-18-14(7-12)15-8-13(34-19(10-31)21(15)35-18)9-20(32)28-11-23(25,26)27/h1-7,13,15,19,21,31H,8-11H2,(H,28,32)(H2,29,30,33)/t13-,15-,19+,21+/m1/s1. The fourth-order valence-electron chi connectivity index (χ4n) is 4.29. The van der Waals surface area contributed by atoms with Gasteiger partial charge < -0.3 is 30.5 Å². The Morgan fingerprint density at radius 2 is 1.89 bits per heavy atom. The number of ether oxygens (including phenoxy) is 2. The molecule has 4 rings (SSSR count). The molecule has 1 saturated heterocycles. The molecular weight excluding hydrogens is 474 g/mol. The van der Waals surface area contributed by atoms with E-state index in [2.05, 4.69) is 10.6 Å². The lowest BCUT2D eigenvalue weighted by atomic mass is 9.84. The van der Waals surface area contributed by atoms with Crippen LogP contribution in [0.25, 0.3) is 0 Å². The second-order valence-electron chi connectivity index (χ2n) is 8.31. The third-order valence-electron chi connectivity index (χ3n) is 5.78. The maximum Gasteiger partial charge on any atom is 0.405 e. The van der Waals surface area contributed by atoms with Crippen LogP contribution in [0, 0.1) is 5.82 Å². The predicted molar refractivity (Wildman–Crippen MR) is 117 cm³/mol. The molecule has 0 bridgehead atoms. The first-order valence-corrected chi connectivity index (χ1v) is 10.9. The van der Waals surface area contributed by atoms with Crippen LogP contribution in [0.4, 0.5) is 33.7 Å². The van der Waals surface area contributed by atoms with E-state index in [-0.39, 0.29) is 24.4 Å². The molecule has 2 aromatic rings. The van der Waals surface area contributed by atoms with Gasteiger partial charge in [-0.15, -0.1) is 0 Å². The van der Waals surface area contributed by atoms with E-state index in [4.69, 9.17) is 9.47 Å². The van der Waals surface area contributed by atoms with Crippen LogP contribution in [0.5, 0.6) is 5.75 Å². The lowest BCUT2D eigenvalue weighted by Gasteiger charge is -2.37. The molecule has 2 heterocycles. The zero-order chi connectivity index (χ0) is 25.2. The van der Waals surface area contributed by atoms with E-state index >= 15 is 0 Å². The molecule has 4 atom stereocenters. The first-order valence-electron chi connectivity index (χ1n) is 10.9. The van der Waals surface area contributed by atoms with Gasteiger partial charge in [-0.05, 0) is 36.8 Å². The minimum atomic E-state index is -4.53. The van der Waals surface area contributed by atoms with E-state index in [1.807, 2.05) is 5.32 Å². The van der Waals surface area contributed by atoms with Crippen molar-refractivity contribution < 1.29 is 41.7 Å². The summed E-state index contributed by atoms with van der Waals surface area (Å²) in [6, 6.07) is 9.93. The Balaban J connectivity index is 1.44. The van der Waals surface area contributed by atoms with Crippen molar-refractivity contribution in [3.05, 3.63) is 53.8 Å². The molecule has 0 aliphatic carbocycles. The molecule has 12 heteroatoms. The van der Waals surface area contributed by atoms with Gasteiger partial charge in [0, 0.05) is 17.2 Å². The van der Waals surface area contributed by atoms with Crippen molar-refractivity contribution in [2.45, 2.75) is 43.2 Å². The normalized spacial score (nSPS) is 23.0. The topological polar surface area (TPSA) is 109 Å². The number of alkyl halides is 3. The first-order chi connectivity index (χ1) is 16.6. The van der Waals surface area contributed by atoms with Crippen LogP contribution in [0.15, 0.2) is 42.5 Å². The number of hydrogen-bond acceptors (Lipinski definition) is 5. The number of rotatable bonds is 6. The smallest absolute Gasteiger partial charge is 0.405 e. The Morgan fingerprint density at radius 3 is 2.60 bits per heavy atom. The summed E-state index contributed by atoms with van der Waals surface area (Å²) in [7, 11) is 0. The summed E-state index contributed by atoms with van der Waals surface area (Å²) in [5.74, 6) is -1.23. The van der Waals surface area contributed by atoms with Gasteiger partial charge in [0.2, 0.25) is 5.91 Å². The van der Waals surface area contributed by atoms with Crippen LogP contribution in [0.1, 0.15) is 24.3 Å². The summed E-state index contributed by atoms with van der Waals surface area (Å²) in [6.45, 7) is -1.85. The molecule has 2 aromatic carbocycles. The molecule has 35 heavy (non-hydrogen) atoms. The Kier molecular flexibility index (Phi) is 7.13. The second-order valence-corrected chi connectivity index (χ2v) is 8.31. The number of carbonyl (C=O) groups is 2. The number of halogens is 4. The Bertz CT molecular complexity index is 1100. The zero-order valence-corrected chi connectivity index (χ0v) is 18.3. The molecule has 0 aromatic heterocycles. The number of benzene rings is 2. The van der Waals surface area contributed by atoms with Crippen molar-refractivity contribution in [1.29, 1.82) is 0 Å². The average molecular weight is 497 g/mol. The summed E-state index contributed by atoms with van der Waals surface area (Å²) in [6.07, 6.45) is -6.67. The van der Waals surface area contributed by atoms with Gasteiger partial charge in [-0.25, -0.2) is 9.18 Å². The highest BCUT2D eigenvalue weighted by Gasteiger charge is 2.46. The van der Waals surface area contributed by atoms with E-state index in [1.54, 1.807) is 24.3 Å². The molecule has 0 radical (unpaired) electrons. The molecule has 1 fully saturated rings. The van der Waals surface area contributed by atoms with Crippen molar-refractivity contribution in [2.24, 2.45) is 0 Å². The van der Waals surface area contributed by atoms with Gasteiger partial charge in [-0.2, -0.15) is 13.2 Å². The van der Waals surface area contributed by atoms with E-state index in [0.29, 0.717) is 17.0 Å². The number of nitrogens with one attached hydrogen (secondary N) is 3. The summed E-state index contributed by atoms with van der Waals surface area (Å²) >= 11 is 0. The first kappa shape index (κ1) is 24.7. The van der Waals surface area contributed by atoms with Gasteiger partial charge >= 0.3 is 12.2 Å². The number of aliphatic hydroxyl groups excluding tert-OH is 1. The number of amides is 3. The van der Waals surface area contributed by atoms with Crippen molar-refractivity contribution in [1.82, 2.24) is 5.32 Å². The molecule has 4 N–H and O–H groups in total. The fraction of sp³-hybridized carbons (Fsp3) is 0.391. The van der Waals surface area contributed by atoms with Gasteiger partial charge in [-0.1, -0.05) is 12.1 Å². The van der Waals surface area contributed by atoms with Crippen LogP contribution >= 0.6 is 0 Å². The fourth-order valence-corrected chi connectivity index (χ4v) is 4.29. The highest BCUT2D eigenvalue weighted by molar-refractivity contribution is 5.99. The Hall–Kier alpha value is -3.38. The third-order valence-corrected chi connectivity index (χ3v) is 5.78. The molecule has 0 spiro atoms. The third kappa shape index (κ3) is 6.01. The Morgan fingerprint density at radius 1 is 1.11 bits per heavy atom. The number of aliphatic hydroxyl groups is 1. The number of hydrogen-bond donors (Lipinski definition) is 4. The maximum atomic E-state index is 13.8. The summed E-state index contributed by atoms with van der Waals surface area (Å²) in [5, 5.41) is 16.6. The van der Waals surface area contributed by atoms with E-state index < -0.39 is 55.4 Å². The zero-order valence-electron chi connectivity index (χ0n) is 18.3. The monoisotopic (exact) mass is 497 g/mol. The average Bonchev–Trinajstić information content (AvgIpc) is 3.16. The predicted octanol–water partition coefficient (Wildman–Crippen LogP) is 3.53. The van der Waals surface area contributed by atoms with Crippen molar-refractivity contribution in [3.8, 4) is 5.75 Å². The molecule has 3 amide bonds. The van der Waals surface area contributed by atoms with Crippen LogP contribution in [-0.2, 0) is 9.53 Å². The van der Waals surface area contributed by atoms with Crippen LogP contribution < -0.4 is 20.7 Å². The largest absolute Gasteiger partial charge is 0.487 e. The van der Waals surface area contributed by atoms with Crippen molar-refractivity contribution >= 4 is 23.3 Å². The van der Waals surface area contributed by atoms with Crippen LogP contribution in [-0.4, -0.2) is 54.7 Å². The van der Waals surface area contributed by atoms with E-state index in [9.17, 15) is 32.3 Å². The minimum absolute atomic E-state index is 0.0106. The Labute approximate surface area is 197 Å².